The summed E-state index contributed by atoms with van der Waals surface area (Å²) in [7, 11) is 0. The van der Waals surface area contributed by atoms with Gasteiger partial charge in [-0.05, 0) is 12.8 Å². The topological polar surface area (TPSA) is 108 Å². The molecule has 0 unspecified atom stereocenters. The van der Waals surface area contributed by atoms with E-state index in [1.165, 1.54) is 0 Å². The summed E-state index contributed by atoms with van der Waals surface area (Å²) >= 11 is 0. The van der Waals surface area contributed by atoms with Crippen LogP contribution in [0.1, 0.15) is 61.9 Å². The summed E-state index contributed by atoms with van der Waals surface area (Å²) in [5.74, 6) is -0.878. The van der Waals surface area contributed by atoms with E-state index in [0.29, 0.717) is 25.1 Å². The first kappa shape index (κ1) is 14.5. The Morgan fingerprint density at radius 3 is 2.45 bits per heavy atom. The number of carboxylic acid groups (broad SMARTS) is 1. The summed E-state index contributed by atoms with van der Waals surface area (Å²) in [5, 5.41) is 18.6. The Bertz CT molecular complexity index is 490. The van der Waals surface area contributed by atoms with Crippen LogP contribution in [0.4, 0.5) is 0 Å². The number of rotatable bonds is 4. The average Bonchev–Trinajstić information content (AvgIpc) is 2.79. The molecule has 0 spiro atoms. The number of aromatic nitrogens is 3. The van der Waals surface area contributed by atoms with Gasteiger partial charge >= 0.3 is 5.97 Å². The van der Waals surface area contributed by atoms with Crippen molar-refractivity contribution in [1.82, 2.24) is 20.5 Å². The van der Waals surface area contributed by atoms with Crippen LogP contribution in [-0.2, 0) is 11.2 Å². The van der Waals surface area contributed by atoms with Crippen molar-refractivity contribution in [2.75, 3.05) is 0 Å². The lowest BCUT2D eigenvalue weighted by molar-refractivity contribution is -0.145. The Morgan fingerprint density at radius 1 is 1.30 bits per heavy atom. The van der Waals surface area contributed by atoms with E-state index in [4.69, 9.17) is 0 Å². The first-order valence-corrected chi connectivity index (χ1v) is 7.04. The Balaban J connectivity index is 2.14. The maximum atomic E-state index is 12.1. The van der Waals surface area contributed by atoms with E-state index in [-0.39, 0.29) is 5.82 Å². The van der Waals surface area contributed by atoms with Gasteiger partial charge in [0.25, 0.3) is 5.91 Å². The van der Waals surface area contributed by atoms with Crippen LogP contribution in [0.15, 0.2) is 0 Å². The van der Waals surface area contributed by atoms with Crippen molar-refractivity contribution in [1.29, 1.82) is 0 Å². The molecule has 1 saturated carbocycles. The van der Waals surface area contributed by atoms with Crippen LogP contribution in [0.25, 0.3) is 0 Å². The Morgan fingerprint density at radius 2 is 1.95 bits per heavy atom. The van der Waals surface area contributed by atoms with E-state index in [0.717, 1.165) is 25.7 Å². The van der Waals surface area contributed by atoms with E-state index in [1.54, 1.807) is 0 Å². The van der Waals surface area contributed by atoms with Crippen LogP contribution >= 0.6 is 0 Å². The molecule has 1 aromatic rings. The molecule has 1 aliphatic rings. The summed E-state index contributed by atoms with van der Waals surface area (Å²) < 4.78 is 0. The molecule has 1 heterocycles. The molecule has 1 aromatic heterocycles. The fourth-order valence-electron chi connectivity index (χ4n) is 2.55. The standard InChI is InChI=1S/C13H20N4O3/c1-2-9-14-10(17-16-9)11(18)15-13(12(19)20)7-5-3-4-6-8-13/h2-8H2,1H3,(H,15,18)(H,19,20)(H,14,16,17). The third kappa shape index (κ3) is 2.97. The van der Waals surface area contributed by atoms with Gasteiger partial charge < -0.3 is 10.4 Å². The van der Waals surface area contributed by atoms with Crippen molar-refractivity contribution >= 4 is 11.9 Å². The molecular formula is C13H20N4O3. The van der Waals surface area contributed by atoms with Crippen molar-refractivity contribution in [3.05, 3.63) is 11.6 Å². The van der Waals surface area contributed by atoms with Gasteiger partial charge in [-0.15, -0.1) is 5.10 Å². The SMILES string of the molecule is CCc1nc(C(=O)NC2(C(=O)O)CCCCCC2)n[nH]1. The van der Waals surface area contributed by atoms with Crippen LogP contribution in [0.2, 0.25) is 0 Å². The van der Waals surface area contributed by atoms with Gasteiger partial charge in [0.05, 0.1) is 0 Å². The van der Waals surface area contributed by atoms with Crippen molar-refractivity contribution in [3.8, 4) is 0 Å². The highest BCUT2D eigenvalue weighted by molar-refractivity contribution is 5.95. The maximum Gasteiger partial charge on any atom is 0.329 e. The highest BCUT2D eigenvalue weighted by atomic mass is 16.4. The van der Waals surface area contributed by atoms with Crippen molar-refractivity contribution in [2.24, 2.45) is 0 Å². The Labute approximate surface area is 117 Å². The van der Waals surface area contributed by atoms with Gasteiger partial charge in [-0.3, -0.25) is 9.89 Å². The monoisotopic (exact) mass is 280 g/mol. The predicted molar refractivity (Wildman–Crippen MR) is 71.3 cm³/mol. The van der Waals surface area contributed by atoms with Crippen LogP contribution in [0, 0.1) is 0 Å². The second-order valence-electron chi connectivity index (χ2n) is 5.21. The number of nitrogens with zero attached hydrogens (tertiary/aromatic N) is 2. The molecule has 0 bridgehead atoms. The lowest BCUT2D eigenvalue weighted by Crippen LogP contribution is -2.54. The number of nitrogens with one attached hydrogen (secondary N) is 2. The lowest BCUT2D eigenvalue weighted by atomic mass is 9.90. The minimum Gasteiger partial charge on any atom is -0.480 e. The third-order valence-electron chi connectivity index (χ3n) is 3.79. The first-order valence-electron chi connectivity index (χ1n) is 7.04. The zero-order valence-corrected chi connectivity index (χ0v) is 11.6. The fraction of sp³-hybridized carbons (Fsp3) is 0.692. The number of H-pyrrole nitrogens is 1. The lowest BCUT2D eigenvalue weighted by Gasteiger charge is -2.28. The number of aliphatic carboxylic acids is 1. The van der Waals surface area contributed by atoms with E-state index in [1.807, 2.05) is 6.92 Å². The van der Waals surface area contributed by atoms with Gasteiger partial charge in [-0.1, -0.05) is 32.6 Å². The molecule has 20 heavy (non-hydrogen) atoms. The molecule has 1 aliphatic carbocycles. The van der Waals surface area contributed by atoms with E-state index in [9.17, 15) is 14.7 Å². The summed E-state index contributed by atoms with van der Waals surface area (Å²) in [4.78, 5) is 27.8. The molecule has 7 nitrogen and oxygen atoms in total. The molecule has 0 atom stereocenters. The Kier molecular flexibility index (Phi) is 4.36. The number of carbonyl (C=O) groups is 2. The zero-order valence-electron chi connectivity index (χ0n) is 11.6. The molecule has 0 aliphatic heterocycles. The maximum absolute atomic E-state index is 12.1. The van der Waals surface area contributed by atoms with E-state index >= 15 is 0 Å². The van der Waals surface area contributed by atoms with Crippen LogP contribution < -0.4 is 5.32 Å². The van der Waals surface area contributed by atoms with Crippen molar-refractivity contribution < 1.29 is 14.7 Å². The number of hydrogen-bond donors (Lipinski definition) is 3. The number of carbonyl (C=O) groups excluding carboxylic acids is 1. The highest BCUT2D eigenvalue weighted by Gasteiger charge is 2.40. The fourth-order valence-corrected chi connectivity index (χ4v) is 2.55. The average molecular weight is 280 g/mol. The van der Waals surface area contributed by atoms with Gasteiger partial charge in [-0.25, -0.2) is 9.78 Å². The van der Waals surface area contributed by atoms with Crippen LogP contribution in [0.5, 0.6) is 0 Å². The number of aromatic amines is 1. The normalized spacial score (nSPS) is 18.2. The second kappa shape index (κ2) is 6.02. The molecule has 1 amide bonds. The molecule has 110 valence electrons. The quantitative estimate of drug-likeness (QED) is 0.720. The number of hydrogen-bond acceptors (Lipinski definition) is 4. The number of carboxylic acids is 1. The highest BCUT2D eigenvalue weighted by Crippen LogP contribution is 2.27. The van der Waals surface area contributed by atoms with Crippen molar-refractivity contribution in [2.45, 2.75) is 57.4 Å². The van der Waals surface area contributed by atoms with Crippen molar-refractivity contribution in [3.63, 3.8) is 0 Å². The summed E-state index contributed by atoms with van der Waals surface area (Å²) in [6.07, 6.45) is 5.18. The molecule has 2 rings (SSSR count). The zero-order chi connectivity index (χ0) is 14.6. The molecule has 1 fully saturated rings. The van der Waals surface area contributed by atoms with Gasteiger partial charge in [0.15, 0.2) is 0 Å². The molecule has 3 N–H and O–H groups in total. The number of amides is 1. The Hall–Kier alpha value is -1.92. The van der Waals surface area contributed by atoms with Crippen LogP contribution in [0.3, 0.4) is 0 Å². The minimum absolute atomic E-state index is 0.00622. The predicted octanol–water partition coefficient (Wildman–Crippen LogP) is 1.27. The first-order chi connectivity index (χ1) is 9.57. The number of aryl methyl sites for hydroxylation is 1. The summed E-state index contributed by atoms with van der Waals surface area (Å²) in [6, 6.07) is 0. The molecule has 0 saturated heterocycles. The molecule has 0 radical (unpaired) electrons. The van der Waals surface area contributed by atoms with E-state index in [2.05, 4.69) is 20.5 Å². The minimum atomic E-state index is -1.18. The smallest absolute Gasteiger partial charge is 0.329 e. The van der Waals surface area contributed by atoms with Gasteiger partial charge in [0.2, 0.25) is 5.82 Å². The third-order valence-corrected chi connectivity index (χ3v) is 3.79. The van der Waals surface area contributed by atoms with E-state index < -0.39 is 17.4 Å². The second-order valence-corrected chi connectivity index (χ2v) is 5.21. The molecular weight excluding hydrogens is 260 g/mol. The van der Waals surface area contributed by atoms with Gasteiger partial charge in [-0.2, -0.15) is 0 Å². The van der Waals surface area contributed by atoms with Crippen LogP contribution in [-0.4, -0.2) is 37.7 Å². The summed E-state index contributed by atoms with van der Waals surface area (Å²) in [5.41, 5.74) is -1.18. The molecule has 7 heteroatoms. The molecule has 0 aromatic carbocycles. The summed E-state index contributed by atoms with van der Waals surface area (Å²) in [6.45, 7) is 1.90. The largest absolute Gasteiger partial charge is 0.480 e. The van der Waals surface area contributed by atoms with Gasteiger partial charge in [0.1, 0.15) is 11.4 Å². The van der Waals surface area contributed by atoms with Gasteiger partial charge in [0, 0.05) is 6.42 Å².